The fraction of sp³-hybridized carbons (Fsp3) is 0.429. The summed E-state index contributed by atoms with van der Waals surface area (Å²) in [4.78, 5) is 26.1. The van der Waals surface area contributed by atoms with E-state index in [1.165, 1.54) is 9.80 Å². The lowest BCUT2D eigenvalue weighted by Gasteiger charge is -2.27. The average Bonchev–Trinajstić information content (AvgIpc) is 2.76. The SMILES string of the molecule is CC1(O)CCN(C(=O)N(CC(=O)O)c2ccccc2)C1. The number of rotatable bonds is 3. The Balaban J connectivity index is 2.19. The molecule has 0 bridgehead atoms. The Hall–Kier alpha value is -2.08. The second-order valence-electron chi connectivity index (χ2n) is 5.27. The lowest BCUT2D eigenvalue weighted by molar-refractivity contribution is -0.135. The van der Waals surface area contributed by atoms with Gasteiger partial charge in [0.1, 0.15) is 6.54 Å². The van der Waals surface area contributed by atoms with E-state index >= 15 is 0 Å². The maximum Gasteiger partial charge on any atom is 0.325 e. The van der Waals surface area contributed by atoms with Gasteiger partial charge in [0.2, 0.25) is 0 Å². The van der Waals surface area contributed by atoms with E-state index < -0.39 is 24.1 Å². The highest BCUT2D eigenvalue weighted by Crippen LogP contribution is 2.23. The topological polar surface area (TPSA) is 81.1 Å². The van der Waals surface area contributed by atoms with Crippen molar-refractivity contribution in [1.29, 1.82) is 0 Å². The van der Waals surface area contributed by atoms with Crippen molar-refractivity contribution < 1.29 is 19.8 Å². The summed E-state index contributed by atoms with van der Waals surface area (Å²) < 4.78 is 0. The molecule has 0 saturated carbocycles. The number of benzene rings is 1. The molecule has 2 N–H and O–H groups in total. The Morgan fingerprint density at radius 2 is 2.00 bits per heavy atom. The van der Waals surface area contributed by atoms with E-state index in [-0.39, 0.29) is 6.54 Å². The molecule has 1 fully saturated rings. The van der Waals surface area contributed by atoms with Crippen LogP contribution in [0.25, 0.3) is 0 Å². The van der Waals surface area contributed by atoms with Crippen LogP contribution in [0.5, 0.6) is 0 Å². The smallest absolute Gasteiger partial charge is 0.325 e. The summed E-state index contributed by atoms with van der Waals surface area (Å²) in [6.07, 6.45) is 0.494. The van der Waals surface area contributed by atoms with E-state index in [4.69, 9.17) is 5.11 Å². The maximum absolute atomic E-state index is 12.4. The normalized spacial score (nSPS) is 21.8. The van der Waals surface area contributed by atoms with Crippen molar-refractivity contribution in [2.24, 2.45) is 0 Å². The molecule has 0 aromatic heterocycles. The van der Waals surface area contributed by atoms with Crippen molar-refractivity contribution in [3.05, 3.63) is 30.3 Å². The third-order valence-corrected chi connectivity index (χ3v) is 3.31. The number of carboxylic acids is 1. The van der Waals surface area contributed by atoms with E-state index in [0.29, 0.717) is 18.7 Å². The number of likely N-dealkylation sites (tertiary alicyclic amines) is 1. The molecule has 108 valence electrons. The Morgan fingerprint density at radius 3 is 2.50 bits per heavy atom. The van der Waals surface area contributed by atoms with Gasteiger partial charge in [0.15, 0.2) is 0 Å². The van der Waals surface area contributed by atoms with E-state index in [1.807, 2.05) is 0 Å². The number of hydrogen-bond donors (Lipinski definition) is 2. The minimum absolute atomic E-state index is 0.217. The monoisotopic (exact) mass is 278 g/mol. The van der Waals surface area contributed by atoms with Gasteiger partial charge >= 0.3 is 12.0 Å². The first-order chi connectivity index (χ1) is 9.39. The zero-order chi connectivity index (χ0) is 14.8. The van der Waals surface area contributed by atoms with Crippen molar-refractivity contribution in [2.45, 2.75) is 18.9 Å². The highest BCUT2D eigenvalue weighted by atomic mass is 16.4. The Kier molecular flexibility index (Phi) is 3.94. The summed E-state index contributed by atoms with van der Waals surface area (Å²) in [7, 11) is 0. The minimum atomic E-state index is -1.08. The molecule has 1 saturated heterocycles. The molecule has 0 spiro atoms. The summed E-state index contributed by atoms with van der Waals surface area (Å²) in [5.74, 6) is -1.08. The molecule has 2 amide bonds. The molecular weight excluding hydrogens is 260 g/mol. The van der Waals surface area contributed by atoms with Crippen molar-refractivity contribution in [1.82, 2.24) is 4.90 Å². The Labute approximate surface area is 117 Å². The van der Waals surface area contributed by atoms with Gasteiger partial charge in [-0.3, -0.25) is 9.69 Å². The molecule has 1 unspecified atom stereocenters. The number of hydrogen-bond acceptors (Lipinski definition) is 3. The number of urea groups is 1. The molecule has 1 aliphatic heterocycles. The number of β-amino-alcohol motifs (C(OH)–C–C–N with tert-alkyl or cyclic N) is 1. The van der Waals surface area contributed by atoms with Crippen LogP contribution in [0, 0.1) is 0 Å². The average molecular weight is 278 g/mol. The van der Waals surface area contributed by atoms with Gasteiger partial charge in [0, 0.05) is 12.2 Å². The second kappa shape index (κ2) is 5.50. The van der Waals surface area contributed by atoms with Crippen molar-refractivity contribution in [2.75, 3.05) is 24.5 Å². The molecule has 2 rings (SSSR count). The van der Waals surface area contributed by atoms with Crippen LogP contribution in [0.15, 0.2) is 30.3 Å². The van der Waals surface area contributed by atoms with Crippen LogP contribution >= 0.6 is 0 Å². The van der Waals surface area contributed by atoms with Crippen molar-refractivity contribution in [3.63, 3.8) is 0 Å². The number of carboxylic acid groups (broad SMARTS) is 1. The van der Waals surface area contributed by atoms with Gasteiger partial charge in [-0.1, -0.05) is 18.2 Å². The first kappa shape index (κ1) is 14.3. The van der Waals surface area contributed by atoms with Gasteiger partial charge in [-0.2, -0.15) is 0 Å². The van der Waals surface area contributed by atoms with Crippen LogP contribution < -0.4 is 4.90 Å². The summed E-state index contributed by atoms with van der Waals surface area (Å²) in [6.45, 7) is 1.91. The predicted octanol–water partition coefficient (Wildman–Crippen LogP) is 1.15. The molecule has 1 atom stereocenters. The van der Waals surface area contributed by atoms with Gasteiger partial charge in [-0.15, -0.1) is 0 Å². The largest absolute Gasteiger partial charge is 0.480 e. The molecule has 1 heterocycles. The van der Waals surface area contributed by atoms with E-state index in [9.17, 15) is 14.7 Å². The fourth-order valence-electron chi connectivity index (χ4n) is 2.29. The van der Waals surface area contributed by atoms with Gasteiger partial charge < -0.3 is 15.1 Å². The number of carbonyl (C=O) groups is 2. The summed E-state index contributed by atoms with van der Waals surface area (Å²) in [6, 6.07) is 8.28. The minimum Gasteiger partial charge on any atom is -0.480 e. The predicted molar refractivity (Wildman–Crippen MR) is 73.6 cm³/mol. The van der Waals surface area contributed by atoms with E-state index in [0.717, 1.165) is 0 Å². The zero-order valence-electron chi connectivity index (χ0n) is 11.3. The number of nitrogens with zero attached hydrogens (tertiary/aromatic N) is 2. The van der Waals surface area contributed by atoms with Gasteiger partial charge in [-0.25, -0.2) is 4.79 Å². The second-order valence-corrected chi connectivity index (χ2v) is 5.27. The number of aliphatic hydroxyl groups is 1. The number of anilines is 1. The Bertz CT molecular complexity index is 501. The van der Waals surface area contributed by atoms with Crippen LogP contribution in [-0.4, -0.2) is 52.3 Å². The summed E-state index contributed by atoms with van der Waals surface area (Å²) in [5, 5.41) is 18.9. The fourth-order valence-corrected chi connectivity index (χ4v) is 2.29. The number of carbonyl (C=O) groups excluding carboxylic acids is 1. The molecule has 1 aromatic rings. The van der Waals surface area contributed by atoms with E-state index in [1.54, 1.807) is 37.3 Å². The quantitative estimate of drug-likeness (QED) is 0.869. The van der Waals surface area contributed by atoms with Crippen molar-refractivity contribution >= 4 is 17.7 Å². The number of amides is 2. The van der Waals surface area contributed by atoms with Gasteiger partial charge in [0.25, 0.3) is 0 Å². The highest BCUT2D eigenvalue weighted by Gasteiger charge is 2.36. The molecule has 20 heavy (non-hydrogen) atoms. The molecule has 6 heteroatoms. The van der Waals surface area contributed by atoms with Crippen LogP contribution in [0.4, 0.5) is 10.5 Å². The standard InChI is InChI=1S/C14H18N2O4/c1-14(20)7-8-15(10-14)13(19)16(9-12(17)18)11-5-3-2-4-6-11/h2-6,20H,7-10H2,1H3,(H,17,18). The maximum atomic E-state index is 12.4. The van der Waals surface area contributed by atoms with Gasteiger partial charge in [0.05, 0.1) is 12.1 Å². The van der Waals surface area contributed by atoms with Crippen molar-refractivity contribution in [3.8, 4) is 0 Å². The number of aliphatic carboxylic acids is 1. The lowest BCUT2D eigenvalue weighted by Crippen LogP contribution is -2.45. The first-order valence-electron chi connectivity index (χ1n) is 6.45. The Morgan fingerprint density at radius 1 is 1.35 bits per heavy atom. The van der Waals surface area contributed by atoms with Crippen LogP contribution in [-0.2, 0) is 4.79 Å². The van der Waals surface area contributed by atoms with Crippen LogP contribution in [0.3, 0.4) is 0 Å². The third-order valence-electron chi connectivity index (χ3n) is 3.31. The lowest BCUT2D eigenvalue weighted by atomic mass is 10.1. The summed E-state index contributed by atoms with van der Waals surface area (Å²) in [5.41, 5.74) is -0.368. The van der Waals surface area contributed by atoms with E-state index in [2.05, 4.69) is 0 Å². The molecule has 0 radical (unpaired) electrons. The summed E-state index contributed by atoms with van der Waals surface area (Å²) >= 11 is 0. The first-order valence-corrected chi connectivity index (χ1v) is 6.45. The zero-order valence-corrected chi connectivity index (χ0v) is 11.3. The molecule has 6 nitrogen and oxygen atoms in total. The number of para-hydroxylation sites is 1. The van der Waals surface area contributed by atoms with Crippen LogP contribution in [0.1, 0.15) is 13.3 Å². The molecule has 0 aliphatic carbocycles. The molecule has 1 aromatic carbocycles. The molecular formula is C14H18N2O4. The molecule has 1 aliphatic rings. The van der Waals surface area contributed by atoms with Gasteiger partial charge in [-0.05, 0) is 25.5 Å². The van der Waals surface area contributed by atoms with Crippen LogP contribution in [0.2, 0.25) is 0 Å². The third kappa shape index (κ3) is 3.27. The highest BCUT2D eigenvalue weighted by molar-refractivity contribution is 5.96.